The van der Waals surface area contributed by atoms with Crippen LogP contribution in [0.25, 0.3) is 0 Å². The Morgan fingerprint density at radius 3 is 2.32 bits per heavy atom. The quantitative estimate of drug-likeness (QED) is 0.532. The number of nitrogens with one attached hydrogen (secondary N) is 1. The molecule has 0 spiro atoms. The Kier molecular flexibility index (Phi) is 9.85. The summed E-state index contributed by atoms with van der Waals surface area (Å²) >= 11 is 0. The number of nitrogens with zero attached hydrogens (tertiary/aromatic N) is 1. The van der Waals surface area contributed by atoms with Crippen LogP contribution in [0.4, 0.5) is 0 Å². The predicted molar refractivity (Wildman–Crippen MR) is 83.4 cm³/mol. The van der Waals surface area contributed by atoms with Crippen molar-refractivity contribution in [2.75, 3.05) is 39.3 Å². The van der Waals surface area contributed by atoms with Crippen LogP contribution in [-0.2, 0) is 4.79 Å². The van der Waals surface area contributed by atoms with Crippen molar-refractivity contribution in [3.63, 3.8) is 0 Å². The zero-order chi connectivity index (χ0) is 15.7. The fourth-order valence-electron chi connectivity index (χ4n) is 2.35. The minimum Gasteiger partial charge on any atom is -1.00 e. The first kappa shape index (κ1) is 20.7. The van der Waals surface area contributed by atoms with Crippen molar-refractivity contribution in [2.24, 2.45) is 0 Å². The number of hydrogen-bond acceptors (Lipinski definition) is 3. The predicted octanol–water partition coefficient (Wildman–Crippen LogP) is -1.23. The van der Waals surface area contributed by atoms with Gasteiger partial charge in [-0.15, -0.1) is 0 Å². The van der Waals surface area contributed by atoms with Gasteiger partial charge in [-0.05, 0) is 32.9 Å². The van der Waals surface area contributed by atoms with E-state index >= 15 is 0 Å². The number of amides is 1. The summed E-state index contributed by atoms with van der Waals surface area (Å²) < 4.78 is 6.29. The minimum absolute atomic E-state index is 0. The molecule has 0 aliphatic heterocycles. The summed E-state index contributed by atoms with van der Waals surface area (Å²) in [7, 11) is 0. The lowest BCUT2D eigenvalue weighted by Gasteiger charge is -2.35. The third-order valence-electron chi connectivity index (χ3n) is 4.14. The summed E-state index contributed by atoms with van der Waals surface area (Å²) in [6.07, 6.45) is 0. The Bertz CT molecular complexity index is 443. The number of phenols is 1. The normalized spacial score (nSPS) is 10.7. The molecule has 6 heteroatoms. The van der Waals surface area contributed by atoms with Gasteiger partial charge < -0.3 is 36.6 Å². The van der Waals surface area contributed by atoms with E-state index in [1.807, 2.05) is 0 Å². The van der Waals surface area contributed by atoms with Crippen LogP contribution in [0.5, 0.6) is 11.5 Å². The number of carbonyl (C=O) groups is 1. The molecule has 5 nitrogen and oxygen atoms in total. The standard InChI is InChI=1S/C16H26N2O3.BrH/c1-4-18(5-2,6-3)12-11-17-16(20)13-21-15-10-8-7-9-14(15)19;/h7-10H,4-6,11-13H2,1-3H3,(H-,17,19,20);1H. The van der Waals surface area contributed by atoms with E-state index in [1.54, 1.807) is 18.2 Å². The Morgan fingerprint density at radius 1 is 1.18 bits per heavy atom. The second-order valence-corrected chi connectivity index (χ2v) is 5.12. The molecule has 0 bridgehead atoms. The SMILES string of the molecule is CC[N+](CC)(CC)CCNC(=O)COc1ccccc1O.[Br-]. The van der Waals surface area contributed by atoms with E-state index in [9.17, 15) is 9.90 Å². The van der Waals surface area contributed by atoms with E-state index < -0.39 is 0 Å². The summed E-state index contributed by atoms with van der Waals surface area (Å²) in [4.78, 5) is 11.8. The molecule has 0 aliphatic rings. The molecule has 2 N–H and O–H groups in total. The largest absolute Gasteiger partial charge is 1.00 e. The number of phenolic OH excluding ortho intramolecular Hbond substituents is 1. The summed E-state index contributed by atoms with van der Waals surface area (Å²) in [5.74, 6) is 0.206. The maximum absolute atomic E-state index is 11.8. The van der Waals surface area contributed by atoms with Gasteiger partial charge >= 0.3 is 0 Å². The van der Waals surface area contributed by atoms with Gasteiger partial charge in [0.05, 0.1) is 32.7 Å². The maximum Gasteiger partial charge on any atom is 0.258 e. The number of ether oxygens (including phenoxy) is 1. The molecule has 0 radical (unpaired) electrons. The first-order valence-corrected chi connectivity index (χ1v) is 7.59. The highest BCUT2D eigenvalue weighted by Gasteiger charge is 2.20. The van der Waals surface area contributed by atoms with Crippen LogP contribution in [0.1, 0.15) is 20.8 Å². The lowest BCUT2D eigenvalue weighted by atomic mass is 10.3. The van der Waals surface area contributed by atoms with E-state index in [0.717, 1.165) is 30.7 Å². The minimum atomic E-state index is -0.167. The fraction of sp³-hybridized carbons (Fsp3) is 0.562. The molecule has 126 valence electrons. The number of benzene rings is 1. The number of aromatic hydroxyl groups is 1. The molecule has 0 aromatic heterocycles. The average molecular weight is 375 g/mol. The number of halogens is 1. The van der Waals surface area contributed by atoms with Crippen molar-refractivity contribution in [3.05, 3.63) is 24.3 Å². The Balaban J connectivity index is 0.00000441. The van der Waals surface area contributed by atoms with Crippen LogP contribution >= 0.6 is 0 Å². The number of carbonyl (C=O) groups excluding carboxylic acids is 1. The van der Waals surface area contributed by atoms with Crippen LogP contribution in [0.2, 0.25) is 0 Å². The second kappa shape index (κ2) is 10.5. The van der Waals surface area contributed by atoms with Crippen molar-refractivity contribution < 1.29 is 36.1 Å². The van der Waals surface area contributed by atoms with Gasteiger partial charge in [-0.1, -0.05) is 12.1 Å². The summed E-state index contributed by atoms with van der Waals surface area (Å²) in [5.41, 5.74) is 0. The van der Waals surface area contributed by atoms with Crippen LogP contribution in [-0.4, -0.2) is 54.8 Å². The van der Waals surface area contributed by atoms with Crippen LogP contribution < -0.4 is 27.0 Å². The third kappa shape index (κ3) is 6.23. The van der Waals surface area contributed by atoms with Crippen LogP contribution in [0.15, 0.2) is 24.3 Å². The van der Waals surface area contributed by atoms with Crippen molar-refractivity contribution in [1.82, 2.24) is 5.32 Å². The number of rotatable bonds is 9. The van der Waals surface area contributed by atoms with Crippen molar-refractivity contribution in [3.8, 4) is 11.5 Å². The summed E-state index contributed by atoms with van der Waals surface area (Å²) in [5, 5.41) is 12.4. The van der Waals surface area contributed by atoms with E-state index in [1.165, 1.54) is 6.07 Å². The number of quaternary nitrogens is 1. The molecule has 0 atom stereocenters. The van der Waals surface area contributed by atoms with Gasteiger partial charge in [0, 0.05) is 0 Å². The van der Waals surface area contributed by atoms with Crippen LogP contribution in [0.3, 0.4) is 0 Å². The van der Waals surface area contributed by atoms with Gasteiger partial charge in [0.1, 0.15) is 0 Å². The third-order valence-corrected chi connectivity index (χ3v) is 4.14. The van der Waals surface area contributed by atoms with E-state index in [2.05, 4.69) is 26.1 Å². The topological polar surface area (TPSA) is 58.6 Å². The summed E-state index contributed by atoms with van der Waals surface area (Å²) in [6, 6.07) is 6.63. The van der Waals surface area contributed by atoms with Crippen molar-refractivity contribution in [1.29, 1.82) is 0 Å². The highest BCUT2D eigenvalue weighted by atomic mass is 79.9. The Hall–Kier alpha value is -1.27. The molecule has 1 aromatic carbocycles. The van der Waals surface area contributed by atoms with Gasteiger partial charge in [0.15, 0.2) is 18.1 Å². The first-order valence-electron chi connectivity index (χ1n) is 7.59. The zero-order valence-electron chi connectivity index (χ0n) is 13.6. The summed E-state index contributed by atoms with van der Waals surface area (Å²) in [6.45, 7) is 11.2. The molecule has 0 saturated carbocycles. The molecular weight excluding hydrogens is 348 g/mol. The lowest BCUT2D eigenvalue weighted by Crippen LogP contribution is -3.00. The monoisotopic (exact) mass is 374 g/mol. The lowest BCUT2D eigenvalue weighted by molar-refractivity contribution is -0.922. The highest BCUT2D eigenvalue weighted by molar-refractivity contribution is 5.77. The van der Waals surface area contributed by atoms with E-state index in [0.29, 0.717) is 12.3 Å². The van der Waals surface area contributed by atoms with E-state index in [-0.39, 0.29) is 35.2 Å². The molecule has 0 saturated heterocycles. The maximum atomic E-state index is 11.8. The van der Waals surface area contributed by atoms with Gasteiger partial charge in [-0.3, -0.25) is 4.79 Å². The van der Waals surface area contributed by atoms with Crippen molar-refractivity contribution >= 4 is 5.91 Å². The average Bonchev–Trinajstić information content (AvgIpc) is 2.51. The second-order valence-electron chi connectivity index (χ2n) is 5.12. The van der Waals surface area contributed by atoms with Crippen LogP contribution in [0, 0.1) is 0 Å². The Labute approximate surface area is 143 Å². The molecule has 0 heterocycles. The van der Waals surface area contributed by atoms with Gasteiger partial charge in [0.2, 0.25) is 0 Å². The highest BCUT2D eigenvalue weighted by Crippen LogP contribution is 2.23. The molecule has 1 amide bonds. The van der Waals surface area contributed by atoms with Crippen molar-refractivity contribution in [2.45, 2.75) is 20.8 Å². The van der Waals surface area contributed by atoms with Gasteiger partial charge in [-0.25, -0.2) is 0 Å². The molecule has 1 aromatic rings. The molecule has 1 rings (SSSR count). The Morgan fingerprint density at radius 2 is 1.77 bits per heavy atom. The molecule has 22 heavy (non-hydrogen) atoms. The van der Waals surface area contributed by atoms with Gasteiger partial charge in [-0.2, -0.15) is 0 Å². The fourth-order valence-corrected chi connectivity index (χ4v) is 2.35. The zero-order valence-corrected chi connectivity index (χ0v) is 15.2. The molecule has 0 unspecified atom stereocenters. The molecule has 0 fully saturated rings. The number of para-hydroxylation sites is 2. The smallest absolute Gasteiger partial charge is 0.258 e. The number of hydrogen-bond donors (Lipinski definition) is 2. The molecular formula is C16H27BrN2O3. The van der Waals surface area contributed by atoms with E-state index in [4.69, 9.17) is 4.74 Å². The first-order chi connectivity index (χ1) is 10.1. The van der Waals surface area contributed by atoms with Gasteiger partial charge in [0.25, 0.3) is 5.91 Å². The number of likely N-dealkylation sites (N-methyl/N-ethyl adjacent to an activating group) is 1. The molecule has 0 aliphatic carbocycles.